The standard InChI is InChI=1S/C18H28NO6P/c1-4-25-18(21)16(10-13(2)3)19-17(20)15(12-26(22,23)24)11-14-8-6-5-7-9-14/h5-9,13,15-16H,4,10-12H2,1-3H3,(H,19,20)(H2,22,23,24)/t15?,16-/m0/s1. The summed E-state index contributed by atoms with van der Waals surface area (Å²) in [6.07, 6.45) is -0.0154. The third-order valence-corrected chi connectivity index (χ3v) is 4.67. The van der Waals surface area contributed by atoms with Gasteiger partial charge >= 0.3 is 13.6 Å². The molecule has 1 aromatic rings. The molecule has 26 heavy (non-hydrogen) atoms. The van der Waals surface area contributed by atoms with Crippen molar-refractivity contribution >= 4 is 19.5 Å². The molecule has 146 valence electrons. The second-order valence-electron chi connectivity index (χ2n) is 6.68. The van der Waals surface area contributed by atoms with Gasteiger partial charge in [0.1, 0.15) is 6.04 Å². The normalized spacial score (nSPS) is 13.9. The number of nitrogens with one attached hydrogen (secondary N) is 1. The predicted octanol–water partition coefficient (Wildman–Crippen LogP) is 2.12. The molecule has 0 aromatic heterocycles. The second kappa shape index (κ2) is 10.5. The van der Waals surface area contributed by atoms with Crippen molar-refractivity contribution in [2.45, 2.75) is 39.7 Å². The lowest BCUT2D eigenvalue weighted by atomic mass is 9.98. The molecule has 7 nitrogen and oxygen atoms in total. The molecule has 8 heteroatoms. The number of benzene rings is 1. The summed E-state index contributed by atoms with van der Waals surface area (Å²) in [5.74, 6) is -1.90. The van der Waals surface area contributed by atoms with Crippen LogP contribution in [-0.4, -0.2) is 40.5 Å². The van der Waals surface area contributed by atoms with Crippen molar-refractivity contribution < 1.29 is 28.7 Å². The SMILES string of the molecule is CCOC(=O)[C@H](CC(C)C)NC(=O)C(Cc1ccccc1)CP(=O)(O)O. The fourth-order valence-electron chi connectivity index (χ4n) is 2.64. The number of carbonyl (C=O) groups excluding carboxylic acids is 2. The van der Waals surface area contributed by atoms with E-state index in [9.17, 15) is 23.9 Å². The minimum absolute atomic E-state index is 0.138. The fraction of sp³-hybridized carbons (Fsp3) is 0.556. The Morgan fingerprint density at radius 2 is 1.81 bits per heavy atom. The van der Waals surface area contributed by atoms with E-state index >= 15 is 0 Å². The zero-order valence-electron chi connectivity index (χ0n) is 15.4. The number of rotatable bonds is 10. The Hall–Kier alpha value is -1.69. The van der Waals surface area contributed by atoms with Crippen LogP contribution in [0, 0.1) is 11.8 Å². The number of hydrogen-bond acceptors (Lipinski definition) is 4. The molecule has 0 saturated heterocycles. The van der Waals surface area contributed by atoms with E-state index in [-0.39, 0.29) is 18.9 Å². The van der Waals surface area contributed by atoms with Crippen molar-refractivity contribution in [1.82, 2.24) is 5.32 Å². The Kier molecular flexibility index (Phi) is 8.99. The Morgan fingerprint density at radius 3 is 2.31 bits per heavy atom. The Bertz CT molecular complexity index is 628. The van der Waals surface area contributed by atoms with Crippen molar-refractivity contribution in [3.05, 3.63) is 35.9 Å². The lowest BCUT2D eigenvalue weighted by Gasteiger charge is -2.23. The zero-order chi connectivity index (χ0) is 19.7. The molecule has 1 rings (SSSR count). The number of esters is 1. The van der Waals surface area contributed by atoms with Crippen LogP contribution in [0.25, 0.3) is 0 Å². The van der Waals surface area contributed by atoms with E-state index in [1.807, 2.05) is 19.9 Å². The minimum atomic E-state index is -4.40. The first-order valence-corrected chi connectivity index (χ1v) is 10.5. The van der Waals surface area contributed by atoms with Crippen LogP contribution in [0.3, 0.4) is 0 Å². The van der Waals surface area contributed by atoms with Gasteiger partial charge in [0.15, 0.2) is 0 Å². The highest BCUT2D eigenvalue weighted by Crippen LogP contribution is 2.37. The summed E-state index contributed by atoms with van der Waals surface area (Å²) in [6, 6.07) is 8.15. The van der Waals surface area contributed by atoms with Crippen LogP contribution in [0.1, 0.15) is 32.8 Å². The van der Waals surface area contributed by atoms with Gasteiger partial charge in [0, 0.05) is 0 Å². The number of carbonyl (C=O) groups is 2. The summed E-state index contributed by atoms with van der Waals surface area (Å²) >= 11 is 0. The summed E-state index contributed by atoms with van der Waals surface area (Å²) < 4.78 is 16.5. The molecule has 0 fully saturated rings. The van der Waals surface area contributed by atoms with Crippen LogP contribution in [0.5, 0.6) is 0 Å². The van der Waals surface area contributed by atoms with Crippen LogP contribution >= 0.6 is 7.60 Å². The fourth-order valence-corrected chi connectivity index (χ4v) is 3.51. The van der Waals surface area contributed by atoms with Crippen molar-refractivity contribution in [2.24, 2.45) is 11.8 Å². The zero-order valence-corrected chi connectivity index (χ0v) is 16.3. The third-order valence-electron chi connectivity index (χ3n) is 3.75. The first-order valence-electron chi connectivity index (χ1n) is 8.67. The predicted molar refractivity (Wildman–Crippen MR) is 98.6 cm³/mol. The number of hydrogen-bond donors (Lipinski definition) is 3. The highest BCUT2D eigenvalue weighted by Gasteiger charge is 2.31. The smallest absolute Gasteiger partial charge is 0.328 e. The summed E-state index contributed by atoms with van der Waals surface area (Å²) in [6.45, 7) is 5.70. The van der Waals surface area contributed by atoms with Crippen LogP contribution in [0.4, 0.5) is 0 Å². The topological polar surface area (TPSA) is 113 Å². The Morgan fingerprint density at radius 1 is 1.19 bits per heavy atom. The van der Waals surface area contributed by atoms with Crippen LogP contribution in [-0.2, 0) is 25.3 Å². The van der Waals surface area contributed by atoms with Gasteiger partial charge in [-0.25, -0.2) is 4.79 Å². The van der Waals surface area contributed by atoms with E-state index in [4.69, 9.17) is 4.74 Å². The van der Waals surface area contributed by atoms with E-state index in [0.717, 1.165) is 5.56 Å². The molecule has 0 radical (unpaired) electrons. The second-order valence-corrected chi connectivity index (χ2v) is 8.37. The van der Waals surface area contributed by atoms with Gasteiger partial charge < -0.3 is 19.8 Å². The van der Waals surface area contributed by atoms with Crippen molar-refractivity contribution in [2.75, 3.05) is 12.8 Å². The Labute approximate surface area is 154 Å². The highest BCUT2D eigenvalue weighted by atomic mass is 31.2. The third kappa shape index (κ3) is 8.61. The maximum atomic E-state index is 12.7. The molecule has 0 saturated carbocycles. The van der Waals surface area contributed by atoms with Gasteiger partial charge in [-0.15, -0.1) is 0 Å². The molecule has 0 spiro atoms. The van der Waals surface area contributed by atoms with E-state index in [2.05, 4.69) is 5.32 Å². The highest BCUT2D eigenvalue weighted by molar-refractivity contribution is 7.51. The molecular formula is C18H28NO6P. The summed E-state index contributed by atoms with van der Waals surface area (Å²) in [5, 5.41) is 2.62. The molecule has 0 aliphatic rings. The molecule has 1 amide bonds. The van der Waals surface area contributed by atoms with E-state index in [1.54, 1.807) is 31.2 Å². The van der Waals surface area contributed by atoms with E-state index < -0.39 is 37.6 Å². The maximum Gasteiger partial charge on any atom is 0.328 e. The van der Waals surface area contributed by atoms with Gasteiger partial charge in [-0.1, -0.05) is 44.2 Å². The molecule has 1 aromatic carbocycles. The van der Waals surface area contributed by atoms with Gasteiger partial charge in [0.25, 0.3) is 0 Å². The molecule has 3 N–H and O–H groups in total. The lowest BCUT2D eigenvalue weighted by Crippen LogP contribution is -2.46. The molecule has 2 atom stereocenters. The molecular weight excluding hydrogens is 357 g/mol. The first kappa shape index (κ1) is 22.4. The molecule has 0 heterocycles. The quantitative estimate of drug-likeness (QED) is 0.420. The summed E-state index contributed by atoms with van der Waals surface area (Å²) in [5.41, 5.74) is 0.789. The van der Waals surface area contributed by atoms with Gasteiger partial charge in [-0.05, 0) is 31.2 Å². The van der Waals surface area contributed by atoms with Crippen LogP contribution in [0.15, 0.2) is 30.3 Å². The number of ether oxygens (including phenoxy) is 1. The average molecular weight is 385 g/mol. The van der Waals surface area contributed by atoms with Crippen LogP contribution in [0.2, 0.25) is 0 Å². The van der Waals surface area contributed by atoms with Gasteiger partial charge in [0.05, 0.1) is 18.7 Å². The maximum absolute atomic E-state index is 12.7. The van der Waals surface area contributed by atoms with Gasteiger partial charge in [-0.2, -0.15) is 0 Å². The monoisotopic (exact) mass is 385 g/mol. The Balaban J connectivity index is 2.93. The molecule has 1 unspecified atom stereocenters. The molecule has 0 aliphatic heterocycles. The van der Waals surface area contributed by atoms with Crippen molar-refractivity contribution in [1.29, 1.82) is 0 Å². The first-order chi connectivity index (χ1) is 12.1. The van der Waals surface area contributed by atoms with Gasteiger partial charge in [0.2, 0.25) is 5.91 Å². The number of amides is 1. The van der Waals surface area contributed by atoms with Crippen LogP contribution < -0.4 is 5.32 Å². The van der Waals surface area contributed by atoms with Crippen molar-refractivity contribution in [3.63, 3.8) is 0 Å². The van der Waals surface area contributed by atoms with E-state index in [1.165, 1.54) is 0 Å². The largest absolute Gasteiger partial charge is 0.464 e. The van der Waals surface area contributed by atoms with Gasteiger partial charge in [-0.3, -0.25) is 9.36 Å². The lowest BCUT2D eigenvalue weighted by molar-refractivity contribution is -0.148. The molecule has 0 aliphatic carbocycles. The van der Waals surface area contributed by atoms with E-state index in [0.29, 0.717) is 6.42 Å². The van der Waals surface area contributed by atoms with Crippen molar-refractivity contribution in [3.8, 4) is 0 Å². The minimum Gasteiger partial charge on any atom is -0.464 e. The summed E-state index contributed by atoms with van der Waals surface area (Å²) in [4.78, 5) is 43.4. The summed E-state index contributed by atoms with van der Waals surface area (Å²) in [7, 11) is -4.40. The molecule has 0 bridgehead atoms. The average Bonchev–Trinajstić information content (AvgIpc) is 2.53.